The van der Waals surface area contributed by atoms with Gasteiger partial charge in [0.2, 0.25) is 0 Å². The number of aliphatic hydroxyl groups excluding tert-OH is 3. The predicted molar refractivity (Wildman–Crippen MR) is 213 cm³/mol. The zero-order valence-corrected chi connectivity index (χ0v) is 37.4. The fourth-order valence-electron chi connectivity index (χ4n) is 9.53. The van der Waals surface area contributed by atoms with Crippen LogP contribution >= 0.6 is 0 Å². The van der Waals surface area contributed by atoms with E-state index in [1.165, 1.54) is 14.0 Å². The second-order valence-corrected chi connectivity index (χ2v) is 19.7. The Hall–Kier alpha value is -1.01. The van der Waals surface area contributed by atoms with Crippen molar-refractivity contribution in [2.45, 2.75) is 206 Å². The molecule has 0 unspecified atom stereocenters. The Balaban J connectivity index is 2.18. The average Bonchev–Trinajstić information content (AvgIpc) is 3.08. The number of aliphatic hydroxyl groups is 5. The van der Waals surface area contributed by atoms with Crippen molar-refractivity contribution in [3.8, 4) is 0 Å². The van der Waals surface area contributed by atoms with Crippen molar-refractivity contribution in [3.05, 3.63) is 0 Å². The van der Waals surface area contributed by atoms with Gasteiger partial charge in [-0.1, -0.05) is 41.5 Å². The average molecular weight is 805 g/mol. The van der Waals surface area contributed by atoms with E-state index in [1.807, 2.05) is 46.7 Å². The van der Waals surface area contributed by atoms with Gasteiger partial charge in [0.05, 0.1) is 41.5 Å². The molecule has 0 amide bonds. The second-order valence-electron chi connectivity index (χ2n) is 19.7. The van der Waals surface area contributed by atoms with Crippen molar-refractivity contribution < 1.29 is 58.7 Å². The van der Waals surface area contributed by atoms with Crippen LogP contribution in [0.2, 0.25) is 0 Å². The van der Waals surface area contributed by atoms with Crippen molar-refractivity contribution >= 4 is 5.97 Å². The molecule has 3 aliphatic heterocycles. The Morgan fingerprint density at radius 1 is 0.946 bits per heavy atom. The number of ether oxygens (including phenoxy) is 6. The Bertz CT molecular complexity index is 1250. The minimum absolute atomic E-state index is 0.0292. The van der Waals surface area contributed by atoms with E-state index in [1.54, 1.807) is 34.6 Å². The van der Waals surface area contributed by atoms with E-state index in [4.69, 9.17) is 28.4 Å². The summed E-state index contributed by atoms with van der Waals surface area (Å²) in [6.45, 7) is 25.3. The van der Waals surface area contributed by atoms with Gasteiger partial charge in [-0.3, -0.25) is 4.79 Å². The maximum absolute atomic E-state index is 14.3. The molecule has 0 saturated carbocycles. The standard InChI is InChI=1S/C42H80N2O12/c1-17-30-42(13,50)34(46)27(6)43(14)21-23(2)19-40(11,49)36(56-38-32(45)29(18-24(3)52-38)44(15)22-39(8,9)10)25(4)33(26(5)37(48)54-30)55-31-20-41(12,51-16)35(47)28(7)53-31/h23-36,38,45-47,49-50H,17-22H2,1-16H3/t23-,24-,25+,26-,27-,28+,29+,30-,31+,32-,33+,34-,35+,36-,38+,40-,41-,42-/m1/s1. The molecular formula is C42H80N2O12. The highest BCUT2D eigenvalue weighted by atomic mass is 16.7. The summed E-state index contributed by atoms with van der Waals surface area (Å²) in [5.41, 5.74) is -4.43. The molecule has 0 aliphatic carbocycles. The molecule has 3 fully saturated rings. The summed E-state index contributed by atoms with van der Waals surface area (Å²) < 4.78 is 38.0. The maximum atomic E-state index is 14.3. The summed E-state index contributed by atoms with van der Waals surface area (Å²) in [5.74, 6) is -2.61. The van der Waals surface area contributed by atoms with Crippen molar-refractivity contribution in [1.29, 1.82) is 0 Å². The smallest absolute Gasteiger partial charge is 0.311 e. The van der Waals surface area contributed by atoms with Crippen LogP contribution in [0.4, 0.5) is 0 Å². The highest BCUT2D eigenvalue weighted by Crippen LogP contribution is 2.40. The Morgan fingerprint density at radius 3 is 2.11 bits per heavy atom. The number of likely N-dealkylation sites (N-methyl/N-ethyl adjacent to an activating group) is 2. The number of hydrogen-bond donors (Lipinski definition) is 5. The number of nitrogens with zero attached hydrogens (tertiary/aromatic N) is 2. The van der Waals surface area contributed by atoms with Crippen LogP contribution in [-0.4, -0.2) is 166 Å². The minimum Gasteiger partial charge on any atom is -0.459 e. The van der Waals surface area contributed by atoms with Crippen LogP contribution < -0.4 is 0 Å². The molecule has 56 heavy (non-hydrogen) atoms. The van der Waals surface area contributed by atoms with Crippen LogP contribution in [0, 0.1) is 23.2 Å². The molecule has 3 aliphatic rings. The van der Waals surface area contributed by atoms with Crippen LogP contribution in [0.25, 0.3) is 0 Å². The second kappa shape index (κ2) is 19.1. The summed E-state index contributed by atoms with van der Waals surface area (Å²) in [4.78, 5) is 18.4. The van der Waals surface area contributed by atoms with Crippen molar-refractivity contribution in [1.82, 2.24) is 9.80 Å². The molecule has 3 rings (SSSR count). The van der Waals surface area contributed by atoms with E-state index < -0.39 is 96.0 Å². The Labute approximate surface area is 337 Å². The van der Waals surface area contributed by atoms with Crippen LogP contribution in [0.15, 0.2) is 0 Å². The summed E-state index contributed by atoms with van der Waals surface area (Å²) in [6.07, 6.45) is -8.31. The normalized spacial score (nSPS) is 47.2. The molecule has 0 spiro atoms. The first-order chi connectivity index (χ1) is 25.6. The van der Waals surface area contributed by atoms with E-state index in [9.17, 15) is 30.3 Å². The summed E-state index contributed by atoms with van der Waals surface area (Å²) >= 11 is 0. The van der Waals surface area contributed by atoms with Gasteiger partial charge in [0.25, 0.3) is 0 Å². The molecule has 5 N–H and O–H groups in total. The van der Waals surface area contributed by atoms with Gasteiger partial charge in [0, 0.05) is 44.6 Å². The van der Waals surface area contributed by atoms with Gasteiger partial charge < -0.3 is 63.8 Å². The van der Waals surface area contributed by atoms with Gasteiger partial charge in [-0.25, -0.2) is 0 Å². The topological polar surface area (TPSA) is 180 Å². The summed E-state index contributed by atoms with van der Waals surface area (Å²) in [5, 5.41) is 58.9. The SMILES string of the molecule is CC[C@H]1OC(=O)[C@H](C)[C@@H](O[C@H]2C[C@@](C)(OC)[C@@H](O)[C@H](C)O2)[C@H](C)[C@@H](O[C@@H]2O[C@H](C)C[C@H](N(C)CC(C)(C)C)[C@H]2O)[C@](C)(O)C[C@@H](C)CN(C)[C@H](C)[C@@H](O)[C@]1(C)O. The third kappa shape index (κ3) is 11.6. The highest BCUT2D eigenvalue weighted by molar-refractivity contribution is 5.73. The number of hydrogen-bond acceptors (Lipinski definition) is 14. The largest absolute Gasteiger partial charge is 0.459 e. The lowest BCUT2D eigenvalue weighted by atomic mass is 9.77. The number of cyclic esters (lactones) is 1. The quantitative estimate of drug-likeness (QED) is 0.226. The Kier molecular flexibility index (Phi) is 16.9. The molecule has 0 radical (unpaired) electrons. The molecule has 0 bridgehead atoms. The third-order valence-electron chi connectivity index (χ3n) is 12.8. The molecule has 14 nitrogen and oxygen atoms in total. The van der Waals surface area contributed by atoms with Crippen molar-refractivity contribution in [2.75, 3.05) is 34.3 Å². The van der Waals surface area contributed by atoms with Crippen molar-refractivity contribution in [3.63, 3.8) is 0 Å². The van der Waals surface area contributed by atoms with E-state index in [0.717, 1.165) is 6.54 Å². The molecular weight excluding hydrogens is 724 g/mol. The first-order valence-corrected chi connectivity index (χ1v) is 20.9. The van der Waals surface area contributed by atoms with Gasteiger partial charge in [-0.05, 0) is 93.2 Å². The number of methoxy groups -OCH3 is 1. The third-order valence-corrected chi connectivity index (χ3v) is 12.8. The predicted octanol–water partition coefficient (Wildman–Crippen LogP) is 3.32. The van der Waals surface area contributed by atoms with Crippen LogP contribution in [-0.2, 0) is 33.2 Å². The van der Waals surface area contributed by atoms with Gasteiger partial charge >= 0.3 is 5.97 Å². The molecule has 330 valence electrons. The zero-order valence-electron chi connectivity index (χ0n) is 37.4. The van der Waals surface area contributed by atoms with E-state index >= 15 is 0 Å². The van der Waals surface area contributed by atoms with Gasteiger partial charge in [-0.15, -0.1) is 0 Å². The lowest BCUT2D eigenvalue weighted by Crippen LogP contribution is -2.61. The monoisotopic (exact) mass is 805 g/mol. The van der Waals surface area contributed by atoms with Gasteiger partial charge in [-0.2, -0.15) is 0 Å². The summed E-state index contributed by atoms with van der Waals surface area (Å²) in [6, 6.07) is -0.832. The minimum atomic E-state index is -1.81. The molecule has 14 heteroatoms. The molecule has 0 aromatic rings. The van der Waals surface area contributed by atoms with Gasteiger partial charge in [0.15, 0.2) is 12.6 Å². The van der Waals surface area contributed by atoms with Crippen LogP contribution in [0.3, 0.4) is 0 Å². The zero-order chi connectivity index (χ0) is 42.9. The van der Waals surface area contributed by atoms with Crippen LogP contribution in [0.5, 0.6) is 0 Å². The molecule has 3 heterocycles. The first kappa shape index (κ1) is 49.4. The van der Waals surface area contributed by atoms with Gasteiger partial charge in [0.1, 0.15) is 30.0 Å². The van der Waals surface area contributed by atoms with Crippen LogP contribution in [0.1, 0.15) is 116 Å². The summed E-state index contributed by atoms with van der Waals surface area (Å²) in [7, 11) is 5.35. The number of carbonyl (C=O) groups is 1. The van der Waals surface area contributed by atoms with E-state index in [2.05, 4.69) is 25.7 Å². The molecule has 18 atom stereocenters. The Morgan fingerprint density at radius 2 is 1.55 bits per heavy atom. The van der Waals surface area contributed by atoms with E-state index in [0.29, 0.717) is 13.0 Å². The number of rotatable bonds is 8. The molecule has 0 aromatic heterocycles. The lowest BCUT2D eigenvalue weighted by molar-refractivity contribution is -0.318. The van der Waals surface area contributed by atoms with E-state index in [-0.39, 0.29) is 42.7 Å². The first-order valence-electron chi connectivity index (χ1n) is 20.9. The lowest BCUT2D eigenvalue weighted by Gasteiger charge is -2.49. The maximum Gasteiger partial charge on any atom is 0.311 e. The molecule has 3 saturated heterocycles. The fraction of sp³-hybridized carbons (Fsp3) is 0.976. The molecule has 0 aromatic carbocycles. The number of esters is 1. The number of carbonyl (C=O) groups excluding carboxylic acids is 1. The van der Waals surface area contributed by atoms with Crippen molar-refractivity contribution in [2.24, 2.45) is 23.2 Å². The highest BCUT2D eigenvalue weighted by Gasteiger charge is 2.53. The fourth-order valence-corrected chi connectivity index (χ4v) is 9.53.